The third kappa shape index (κ3) is 3.62. The van der Waals surface area contributed by atoms with Gasteiger partial charge in [-0.2, -0.15) is 8.42 Å². The van der Waals surface area contributed by atoms with Crippen LogP contribution in [0.4, 0.5) is 8.78 Å². The smallest absolute Gasteiger partial charge is 0.342 e. The van der Waals surface area contributed by atoms with Crippen LogP contribution in [0, 0.1) is 11.6 Å². The minimum atomic E-state index is -4.42. The summed E-state index contributed by atoms with van der Waals surface area (Å²) in [5.41, 5.74) is 2.01. The van der Waals surface area contributed by atoms with E-state index in [1.807, 2.05) is 6.20 Å². The van der Waals surface area contributed by atoms with Crippen molar-refractivity contribution in [2.75, 3.05) is 20.1 Å². The third-order valence-electron chi connectivity index (χ3n) is 5.21. The molecule has 0 unspecified atom stereocenters. The van der Waals surface area contributed by atoms with Crippen LogP contribution in [-0.2, 0) is 10.1 Å². The Morgan fingerprint density at radius 2 is 1.86 bits per heavy atom. The number of fused-ring (bicyclic) bond motifs is 1. The summed E-state index contributed by atoms with van der Waals surface area (Å²) in [5, 5.41) is 0.891. The van der Waals surface area contributed by atoms with Crippen LogP contribution in [0.3, 0.4) is 0 Å². The fraction of sp³-hybridized carbons (Fsp3) is 0.300. The molecule has 0 amide bonds. The Hall–Kier alpha value is -2.45. The summed E-state index contributed by atoms with van der Waals surface area (Å²) >= 11 is 0. The molecule has 0 radical (unpaired) electrons. The van der Waals surface area contributed by atoms with Crippen molar-refractivity contribution in [1.82, 2.24) is 9.88 Å². The average Bonchev–Trinajstić information content (AvgIpc) is 3.05. The molecule has 1 aliphatic rings. The zero-order chi connectivity index (χ0) is 19.9. The van der Waals surface area contributed by atoms with E-state index in [4.69, 9.17) is 4.18 Å². The lowest BCUT2D eigenvalue weighted by Gasteiger charge is -2.28. The molecule has 2 aromatic carbocycles. The van der Waals surface area contributed by atoms with Gasteiger partial charge >= 0.3 is 10.1 Å². The maximum absolute atomic E-state index is 13.9. The Kier molecular flexibility index (Phi) is 4.84. The molecule has 8 heteroatoms. The summed E-state index contributed by atoms with van der Waals surface area (Å²) in [5.74, 6) is -1.57. The van der Waals surface area contributed by atoms with Crippen LogP contribution in [0.25, 0.3) is 10.9 Å². The molecule has 2 heterocycles. The molecule has 3 aromatic rings. The van der Waals surface area contributed by atoms with Gasteiger partial charge in [0.25, 0.3) is 0 Å². The van der Waals surface area contributed by atoms with E-state index in [2.05, 4.69) is 16.9 Å². The minimum Gasteiger partial charge on any atom is -0.379 e. The molecule has 0 saturated carbocycles. The van der Waals surface area contributed by atoms with E-state index in [9.17, 15) is 17.2 Å². The molecule has 1 saturated heterocycles. The van der Waals surface area contributed by atoms with Crippen LogP contribution in [0.15, 0.2) is 47.5 Å². The standard InChI is InChI=1S/C20H20F2N2O3S/c1-24-8-6-13(7-9-24)17-12-23-19-4-3-15(11-16(17)19)27-28(25,26)20-5-2-14(21)10-18(20)22/h2-5,10-13,23H,6-9H2,1H3. The van der Waals surface area contributed by atoms with Crippen molar-refractivity contribution in [3.05, 3.63) is 59.8 Å². The highest BCUT2D eigenvalue weighted by Crippen LogP contribution is 2.35. The summed E-state index contributed by atoms with van der Waals surface area (Å²) in [6.45, 7) is 2.01. The van der Waals surface area contributed by atoms with Crippen molar-refractivity contribution in [1.29, 1.82) is 0 Å². The first-order chi connectivity index (χ1) is 13.3. The molecule has 1 N–H and O–H groups in total. The molecule has 1 aliphatic heterocycles. The molecule has 148 valence electrons. The first-order valence-corrected chi connectivity index (χ1v) is 10.4. The van der Waals surface area contributed by atoms with Gasteiger partial charge in [-0.25, -0.2) is 8.78 Å². The SMILES string of the molecule is CN1CCC(c2c[nH]c3ccc(OS(=O)(=O)c4ccc(F)cc4F)cc23)CC1. The van der Waals surface area contributed by atoms with Gasteiger partial charge in [0.05, 0.1) is 0 Å². The van der Waals surface area contributed by atoms with Gasteiger partial charge in [-0.05, 0) is 74.8 Å². The molecular weight excluding hydrogens is 386 g/mol. The summed E-state index contributed by atoms with van der Waals surface area (Å²) in [6, 6.07) is 7.16. The van der Waals surface area contributed by atoms with Crippen LogP contribution in [-0.4, -0.2) is 38.4 Å². The summed E-state index contributed by atoms with van der Waals surface area (Å²) in [7, 11) is -2.32. The normalized spacial score (nSPS) is 16.5. The van der Waals surface area contributed by atoms with Crippen molar-refractivity contribution in [2.45, 2.75) is 23.7 Å². The molecule has 1 aromatic heterocycles. The zero-order valence-corrected chi connectivity index (χ0v) is 16.1. The Labute approximate surface area is 162 Å². The maximum atomic E-state index is 13.9. The van der Waals surface area contributed by atoms with Crippen molar-refractivity contribution < 1.29 is 21.4 Å². The van der Waals surface area contributed by atoms with Gasteiger partial charge in [-0.1, -0.05) is 0 Å². The van der Waals surface area contributed by atoms with E-state index in [1.165, 1.54) is 6.07 Å². The predicted octanol–water partition coefficient (Wildman–Crippen LogP) is 4.02. The number of halogens is 2. The second kappa shape index (κ2) is 7.18. The predicted molar refractivity (Wildman–Crippen MR) is 102 cm³/mol. The molecule has 0 bridgehead atoms. The van der Waals surface area contributed by atoms with Gasteiger partial charge in [-0.3, -0.25) is 0 Å². The lowest BCUT2D eigenvalue weighted by Crippen LogP contribution is -2.29. The summed E-state index contributed by atoms with van der Waals surface area (Å²) in [6.07, 6.45) is 4.00. The highest BCUT2D eigenvalue weighted by atomic mass is 32.2. The van der Waals surface area contributed by atoms with E-state index >= 15 is 0 Å². The topological polar surface area (TPSA) is 62.4 Å². The number of hydrogen-bond donors (Lipinski definition) is 1. The first kappa shape index (κ1) is 18.9. The number of piperidine rings is 1. The highest BCUT2D eigenvalue weighted by molar-refractivity contribution is 7.87. The quantitative estimate of drug-likeness (QED) is 0.665. The van der Waals surface area contributed by atoms with Crippen LogP contribution in [0.5, 0.6) is 5.75 Å². The van der Waals surface area contributed by atoms with Crippen LogP contribution >= 0.6 is 0 Å². The second-order valence-corrected chi connectivity index (χ2v) is 8.66. The Balaban J connectivity index is 1.65. The molecule has 28 heavy (non-hydrogen) atoms. The monoisotopic (exact) mass is 406 g/mol. The third-order valence-corrected chi connectivity index (χ3v) is 6.49. The van der Waals surface area contributed by atoms with Gasteiger partial charge in [0.2, 0.25) is 0 Å². The van der Waals surface area contributed by atoms with Gasteiger partial charge < -0.3 is 14.1 Å². The average molecular weight is 406 g/mol. The molecular formula is C20H20F2N2O3S. The number of aromatic nitrogens is 1. The van der Waals surface area contributed by atoms with E-state index < -0.39 is 26.6 Å². The van der Waals surface area contributed by atoms with Crippen molar-refractivity contribution in [3.63, 3.8) is 0 Å². The summed E-state index contributed by atoms with van der Waals surface area (Å²) < 4.78 is 56.9. The lowest BCUT2D eigenvalue weighted by atomic mass is 9.89. The van der Waals surface area contributed by atoms with Gasteiger partial charge in [0.1, 0.15) is 22.3 Å². The number of likely N-dealkylation sites (tertiary alicyclic amines) is 1. The van der Waals surface area contributed by atoms with E-state index in [0.29, 0.717) is 12.0 Å². The van der Waals surface area contributed by atoms with Crippen molar-refractivity contribution >= 4 is 21.0 Å². The van der Waals surface area contributed by atoms with E-state index in [0.717, 1.165) is 54.5 Å². The molecule has 4 rings (SSSR count). The maximum Gasteiger partial charge on any atom is 0.342 e. The summed E-state index contributed by atoms with van der Waals surface area (Å²) in [4.78, 5) is 4.80. The Morgan fingerprint density at radius 1 is 1.11 bits per heavy atom. The second-order valence-electron chi connectivity index (χ2n) is 7.14. The molecule has 0 spiro atoms. The number of nitrogens with one attached hydrogen (secondary N) is 1. The van der Waals surface area contributed by atoms with Gasteiger partial charge in [0.15, 0.2) is 0 Å². The van der Waals surface area contributed by atoms with Gasteiger partial charge in [-0.15, -0.1) is 0 Å². The molecule has 0 atom stereocenters. The van der Waals surface area contributed by atoms with E-state index in [-0.39, 0.29) is 5.75 Å². The fourth-order valence-corrected chi connectivity index (χ4v) is 4.66. The van der Waals surface area contributed by atoms with Crippen molar-refractivity contribution in [3.8, 4) is 5.75 Å². The zero-order valence-electron chi connectivity index (χ0n) is 15.3. The molecule has 1 fully saturated rings. The number of nitrogens with zero attached hydrogens (tertiary/aromatic N) is 1. The van der Waals surface area contributed by atoms with Gasteiger partial charge in [0, 0.05) is 23.2 Å². The fourth-order valence-electron chi connectivity index (χ4n) is 3.68. The molecule has 0 aliphatic carbocycles. The van der Waals surface area contributed by atoms with Crippen LogP contribution in [0.2, 0.25) is 0 Å². The van der Waals surface area contributed by atoms with Crippen molar-refractivity contribution in [2.24, 2.45) is 0 Å². The highest BCUT2D eigenvalue weighted by Gasteiger charge is 2.24. The van der Waals surface area contributed by atoms with Crippen LogP contribution in [0.1, 0.15) is 24.3 Å². The minimum absolute atomic E-state index is 0.0880. The molecule has 5 nitrogen and oxygen atoms in total. The van der Waals surface area contributed by atoms with E-state index in [1.54, 1.807) is 12.1 Å². The Morgan fingerprint density at radius 3 is 2.57 bits per heavy atom. The lowest BCUT2D eigenvalue weighted by molar-refractivity contribution is 0.256. The number of benzene rings is 2. The number of aromatic amines is 1. The number of H-pyrrole nitrogens is 1. The number of rotatable bonds is 4. The van der Waals surface area contributed by atoms with Crippen LogP contribution < -0.4 is 4.18 Å². The number of hydrogen-bond acceptors (Lipinski definition) is 4. The largest absolute Gasteiger partial charge is 0.379 e. The Bertz CT molecular complexity index is 1120. The first-order valence-electron chi connectivity index (χ1n) is 9.02.